The number of amides is 1. The fourth-order valence-electron chi connectivity index (χ4n) is 5.81. The van der Waals surface area contributed by atoms with Gasteiger partial charge in [0.05, 0.1) is 17.3 Å². The second-order valence-electron chi connectivity index (χ2n) is 10.1. The average molecular weight is 491 g/mol. The number of rotatable bonds is 4. The van der Waals surface area contributed by atoms with E-state index in [2.05, 4.69) is 20.0 Å². The Labute approximate surface area is 210 Å². The van der Waals surface area contributed by atoms with E-state index in [1.807, 2.05) is 35.6 Å². The molecule has 5 heterocycles. The lowest BCUT2D eigenvalue weighted by Gasteiger charge is -2.53. The Hall–Kier alpha value is -3.33. The zero-order chi connectivity index (χ0) is 24.8. The molecule has 1 amide bonds. The lowest BCUT2D eigenvalue weighted by Crippen LogP contribution is -2.65. The van der Waals surface area contributed by atoms with E-state index >= 15 is 0 Å². The van der Waals surface area contributed by atoms with Crippen molar-refractivity contribution in [2.24, 2.45) is 5.92 Å². The quantitative estimate of drug-likeness (QED) is 0.547. The van der Waals surface area contributed by atoms with Crippen LogP contribution in [0.1, 0.15) is 53.7 Å². The number of benzene rings is 1. The molecule has 0 aliphatic carbocycles. The molecule has 0 saturated carbocycles. The minimum absolute atomic E-state index is 0.159. The van der Waals surface area contributed by atoms with Crippen LogP contribution in [0.5, 0.6) is 0 Å². The van der Waals surface area contributed by atoms with Gasteiger partial charge in [-0.05, 0) is 69.9 Å². The van der Waals surface area contributed by atoms with Crippen LogP contribution in [0.25, 0.3) is 11.3 Å². The summed E-state index contributed by atoms with van der Waals surface area (Å²) in [7, 11) is 0. The van der Waals surface area contributed by atoms with Crippen LogP contribution in [0.15, 0.2) is 36.5 Å². The number of halogens is 1. The number of likely N-dealkylation sites (tertiary alicyclic amines) is 1. The Morgan fingerprint density at radius 2 is 1.89 bits per heavy atom. The highest BCUT2D eigenvalue weighted by Crippen LogP contribution is 2.37. The predicted molar refractivity (Wildman–Crippen MR) is 133 cm³/mol. The van der Waals surface area contributed by atoms with E-state index < -0.39 is 5.82 Å². The number of carbonyl (C=O) groups is 1. The van der Waals surface area contributed by atoms with E-state index in [-0.39, 0.29) is 18.2 Å². The minimum Gasteiger partial charge on any atom is -0.356 e. The van der Waals surface area contributed by atoms with Gasteiger partial charge in [-0.2, -0.15) is 5.10 Å². The second kappa shape index (κ2) is 9.28. The van der Waals surface area contributed by atoms with Crippen molar-refractivity contribution in [1.29, 1.82) is 0 Å². The summed E-state index contributed by atoms with van der Waals surface area (Å²) in [5.74, 6) is 0.653. The van der Waals surface area contributed by atoms with Crippen molar-refractivity contribution in [2.45, 2.75) is 51.8 Å². The van der Waals surface area contributed by atoms with Crippen LogP contribution < -0.4 is 4.90 Å². The molecule has 3 fully saturated rings. The van der Waals surface area contributed by atoms with Crippen molar-refractivity contribution in [3.8, 4) is 11.3 Å². The number of hydrogen-bond donors (Lipinski definition) is 0. The summed E-state index contributed by atoms with van der Waals surface area (Å²) in [5.41, 5.74) is 3.69. The summed E-state index contributed by atoms with van der Waals surface area (Å²) in [5, 5.41) is 4.49. The second-order valence-corrected chi connectivity index (χ2v) is 10.1. The number of ether oxygens (including phenoxy) is 1. The first-order valence-electron chi connectivity index (χ1n) is 12.8. The molecular formula is C27H31FN6O2. The number of anilines is 1. The molecule has 0 bridgehead atoms. The Bertz CT molecular complexity index is 1270. The van der Waals surface area contributed by atoms with E-state index in [9.17, 15) is 9.18 Å². The molecule has 0 radical (unpaired) electrons. The summed E-state index contributed by atoms with van der Waals surface area (Å²) in [6.45, 7) is 6.77. The van der Waals surface area contributed by atoms with Crippen LogP contribution in [0.2, 0.25) is 0 Å². The molecule has 1 aromatic carbocycles. The fourth-order valence-corrected chi connectivity index (χ4v) is 5.81. The van der Waals surface area contributed by atoms with Crippen LogP contribution in [0, 0.1) is 25.6 Å². The van der Waals surface area contributed by atoms with Gasteiger partial charge in [-0.3, -0.25) is 4.79 Å². The van der Waals surface area contributed by atoms with Gasteiger partial charge in [0.25, 0.3) is 5.91 Å². The number of aromatic nitrogens is 4. The molecule has 3 aliphatic rings. The van der Waals surface area contributed by atoms with Gasteiger partial charge in [-0.25, -0.2) is 19.0 Å². The Morgan fingerprint density at radius 3 is 2.67 bits per heavy atom. The number of fused-ring (bicyclic) bond motifs is 1. The first kappa shape index (κ1) is 23.1. The molecule has 0 spiro atoms. The highest BCUT2D eigenvalue weighted by molar-refractivity contribution is 6.00. The number of carbonyl (C=O) groups excluding carboxylic acids is 1. The largest absolute Gasteiger partial charge is 0.356 e. The zero-order valence-electron chi connectivity index (χ0n) is 20.7. The highest BCUT2D eigenvalue weighted by Gasteiger charge is 2.45. The molecule has 2 aromatic heterocycles. The summed E-state index contributed by atoms with van der Waals surface area (Å²) < 4.78 is 22.2. The van der Waals surface area contributed by atoms with Crippen LogP contribution in [0.3, 0.4) is 0 Å². The normalized spacial score (nSPS) is 23.8. The van der Waals surface area contributed by atoms with E-state index in [0.717, 1.165) is 55.3 Å². The lowest BCUT2D eigenvalue weighted by molar-refractivity contribution is -0.0383. The average Bonchev–Trinajstić information content (AvgIpc) is 3.34. The molecule has 0 N–H and O–H groups in total. The van der Waals surface area contributed by atoms with Crippen molar-refractivity contribution in [1.82, 2.24) is 24.6 Å². The number of hydrogen-bond acceptors (Lipinski definition) is 6. The minimum atomic E-state index is -0.425. The Morgan fingerprint density at radius 1 is 1.06 bits per heavy atom. The first-order valence-corrected chi connectivity index (χ1v) is 12.8. The maximum absolute atomic E-state index is 14.4. The fraction of sp³-hybridized carbons (Fsp3) is 0.481. The highest BCUT2D eigenvalue weighted by atomic mass is 19.1. The van der Waals surface area contributed by atoms with Gasteiger partial charge in [0.2, 0.25) is 5.95 Å². The van der Waals surface area contributed by atoms with Crippen LogP contribution in [0.4, 0.5) is 10.3 Å². The van der Waals surface area contributed by atoms with E-state index in [1.54, 1.807) is 12.3 Å². The van der Waals surface area contributed by atoms with Crippen LogP contribution in [-0.4, -0.2) is 62.8 Å². The molecule has 3 atom stereocenters. The Kier molecular flexibility index (Phi) is 5.95. The van der Waals surface area contributed by atoms with Crippen LogP contribution >= 0.6 is 0 Å². The van der Waals surface area contributed by atoms with Gasteiger partial charge < -0.3 is 14.5 Å². The van der Waals surface area contributed by atoms with E-state index in [1.165, 1.54) is 12.1 Å². The van der Waals surface area contributed by atoms with Crippen molar-refractivity contribution in [3.05, 3.63) is 59.3 Å². The maximum Gasteiger partial charge on any atom is 0.254 e. The topological polar surface area (TPSA) is 76.4 Å². The molecule has 3 aliphatic heterocycles. The lowest BCUT2D eigenvalue weighted by atomic mass is 9.82. The summed E-state index contributed by atoms with van der Waals surface area (Å²) in [4.78, 5) is 27.1. The van der Waals surface area contributed by atoms with Gasteiger partial charge in [-0.1, -0.05) is 0 Å². The molecule has 9 heteroatoms. The summed E-state index contributed by atoms with van der Waals surface area (Å²) in [6.07, 6.45) is 5.42. The van der Waals surface area contributed by atoms with Gasteiger partial charge in [0, 0.05) is 55.3 Å². The predicted octanol–water partition coefficient (Wildman–Crippen LogP) is 4.15. The van der Waals surface area contributed by atoms with E-state index in [0.29, 0.717) is 36.7 Å². The van der Waals surface area contributed by atoms with Gasteiger partial charge >= 0.3 is 0 Å². The van der Waals surface area contributed by atoms with E-state index in [4.69, 9.17) is 4.74 Å². The van der Waals surface area contributed by atoms with Crippen LogP contribution in [-0.2, 0) is 4.74 Å². The molecule has 36 heavy (non-hydrogen) atoms. The monoisotopic (exact) mass is 490 g/mol. The molecule has 188 valence electrons. The van der Waals surface area contributed by atoms with Gasteiger partial charge in [-0.15, -0.1) is 0 Å². The summed E-state index contributed by atoms with van der Waals surface area (Å²) in [6, 6.07) is 8.45. The smallest absolute Gasteiger partial charge is 0.254 e. The van der Waals surface area contributed by atoms with Gasteiger partial charge in [0.15, 0.2) is 6.23 Å². The number of nitrogens with zero attached hydrogens (tertiary/aromatic N) is 6. The summed E-state index contributed by atoms with van der Waals surface area (Å²) >= 11 is 0. The SMILES string of the molecule is Cc1cc(C)nc(N2CC3CCN(C(=O)c4cc(F)ccc4-c4ccnn4C4CCCCO4)CC32)n1. The molecule has 3 unspecified atom stereocenters. The molecule has 8 nitrogen and oxygen atoms in total. The zero-order valence-corrected chi connectivity index (χ0v) is 20.7. The third-order valence-electron chi connectivity index (χ3n) is 7.65. The van der Waals surface area contributed by atoms with Crippen molar-refractivity contribution in [2.75, 3.05) is 31.1 Å². The standard InChI is InChI=1S/C27H31FN6O2/c1-17-13-18(2)31-27(30-17)33-15-19-9-11-32(16-24(19)33)26(35)22-14-20(28)6-7-21(22)23-8-10-29-34(23)25-5-3-4-12-36-25/h6-8,10,13-14,19,24-25H,3-5,9,11-12,15-16H2,1-2H3. The molecule has 3 aromatic rings. The first-order chi connectivity index (χ1) is 17.5. The maximum atomic E-state index is 14.4. The number of piperidine rings is 1. The Balaban J connectivity index is 1.27. The van der Waals surface area contributed by atoms with Crippen molar-refractivity contribution >= 4 is 11.9 Å². The molecule has 3 saturated heterocycles. The van der Waals surface area contributed by atoms with Crippen molar-refractivity contribution in [3.63, 3.8) is 0 Å². The third-order valence-corrected chi connectivity index (χ3v) is 7.65. The number of aryl methyl sites for hydroxylation is 2. The third kappa shape index (κ3) is 4.15. The molecule has 6 rings (SSSR count). The van der Waals surface area contributed by atoms with Crippen molar-refractivity contribution < 1.29 is 13.9 Å². The molecular weight excluding hydrogens is 459 g/mol. The van der Waals surface area contributed by atoms with Gasteiger partial charge in [0.1, 0.15) is 5.82 Å².